The Bertz CT molecular complexity index is 256. The zero-order chi connectivity index (χ0) is 9.61. The zero-order valence-electron chi connectivity index (χ0n) is 6.58. The quantitative estimate of drug-likeness (QED) is 0.430. The Balaban J connectivity index is -0.0000000701. The van der Waals surface area contributed by atoms with Crippen LogP contribution in [-0.2, 0) is 4.57 Å². The van der Waals surface area contributed by atoms with Crippen LogP contribution in [-0.4, -0.2) is 169 Å². The standard InChI is InChI=1S/C7H8.3K.H3O4P.3H/c1-7-5-3-2-4-6-7;;;;1-5(2,3)4;;;/h2-6H,1H3;;;;(H3,1,2,3,4);;;. The summed E-state index contributed by atoms with van der Waals surface area (Å²) < 4.78 is 8.88. The summed E-state index contributed by atoms with van der Waals surface area (Å²) in [7, 11) is -4.64. The summed E-state index contributed by atoms with van der Waals surface area (Å²) in [5.74, 6) is 0. The summed E-state index contributed by atoms with van der Waals surface area (Å²) in [6.45, 7) is 2.08. The molecule has 0 saturated carbocycles. The van der Waals surface area contributed by atoms with Gasteiger partial charge in [-0.15, -0.1) is 0 Å². The minimum atomic E-state index is -4.64. The summed E-state index contributed by atoms with van der Waals surface area (Å²) in [6, 6.07) is 10.3. The fraction of sp³-hybridized carbons (Fsp3) is 0.143. The summed E-state index contributed by atoms with van der Waals surface area (Å²) >= 11 is 0. The molecule has 0 aliphatic rings. The molecular formula is C7H14K3O4P. The van der Waals surface area contributed by atoms with Crippen molar-refractivity contribution in [2.45, 2.75) is 6.92 Å². The summed E-state index contributed by atoms with van der Waals surface area (Å²) in [4.78, 5) is 21.6. The molecule has 8 heteroatoms. The first-order chi connectivity index (χ1) is 5.39. The molecule has 3 N–H and O–H groups in total. The van der Waals surface area contributed by atoms with Crippen LogP contribution in [0.25, 0.3) is 0 Å². The first-order valence-electron chi connectivity index (χ1n) is 3.19. The van der Waals surface area contributed by atoms with Gasteiger partial charge in [0.1, 0.15) is 0 Å². The molecule has 0 bridgehead atoms. The average molecular weight is 310 g/mol. The summed E-state index contributed by atoms with van der Waals surface area (Å²) in [5, 5.41) is 0. The van der Waals surface area contributed by atoms with Crippen LogP contribution in [0.5, 0.6) is 0 Å². The van der Waals surface area contributed by atoms with Crippen LogP contribution in [0.3, 0.4) is 0 Å². The van der Waals surface area contributed by atoms with Gasteiger partial charge < -0.3 is 14.7 Å². The van der Waals surface area contributed by atoms with Crippen LogP contribution in [0.15, 0.2) is 30.3 Å². The fourth-order valence-corrected chi connectivity index (χ4v) is 0.534. The molecule has 74 valence electrons. The molecule has 0 aromatic heterocycles. The molecule has 0 saturated heterocycles. The van der Waals surface area contributed by atoms with Crippen molar-refractivity contribution in [1.82, 2.24) is 0 Å². The van der Waals surface area contributed by atoms with Crippen molar-refractivity contribution in [3.8, 4) is 0 Å². The number of hydrogen-bond acceptors (Lipinski definition) is 1. The number of rotatable bonds is 0. The Morgan fingerprint density at radius 3 is 1.33 bits per heavy atom. The van der Waals surface area contributed by atoms with Gasteiger partial charge in [0.05, 0.1) is 0 Å². The van der Waals surface area contributed by atoms with Crippen LogP contribution in [0.1, 0.15) is 5.56 Å². The van der Waals surface area contributed by atoms with Gasteiger partial charge in [0, 0.05) is 0 Å². The van der Waals surface area contributed by atoms with Gasteiger partial charge in [-0.3, -0.25) is 0 Å². The summed E-state index contributed by atoms with van der Waals surface area (Å²) in [6.07, 6.45) is 0. The second-order valence-corrected chi connectivity index (χ2v) is 3.19. The SMILES string of the molecule is Cc1ccccc1.O=P(O)(O)O.[KH].[KH].[KH]. The van der Waals surface area contributed by atoms with E-state index in [1.807, 2.05) is 18.2 Å². The zero-order valence-corrected chi connectivity index (χ0v) is 7.48. The van der Waals surface area contributed by atoms with Gasteiger partial charge in [-0.2, -0.15) is 0 Å². The van der Waals surface area contributed by atoms with Crippen molar-refractivity contribution >= 4 is 162 Å². The first-order valence-corrected chi connectivity index (χ1v) is 4.76. The van der Waals surface area contributed by atoms with Crippen molar-refractivity contribution in [3.05, 3.63) is 35.9 Å². The Kier molecular flexibility index (Phi) is 29.9. The monoisotopic (exact) mass is 310 g/mol. The minimum absolute atomic E-state index is 0. The van der Waals surface area contributed by atoms with Crippen LogP contribution < -0.4 is 0 Å². The molecule has 0 heterocycles. The van der Waals surface area contributed by atoms with Crippen LogP contribution >= 0.6 is 7.82 Å². The molecule has 1 aromatic rings. The Morgan fingerprint density at radius 1 is 0.933 bits per heavy atom. The third kappa shape index (κ3) is 32.1. The predicted molar refractivity (Wildman–Crippen MR) is 66.9 cm³/mol. The topological polar surface area (TPSA) is 77.8 Å². The van der Waals surface area contributed by atoms with Crippen molar-refractivity contribution in [2.75, 3.05) is 0 Å². The molecule has 0 atom stereocenters. The Labute approximate surface area is 218 Å². The molecule has 0 unspecified atom stereocenters. The van der Waals surface area contributed by atoms with Gasteiger partial charge in [0.15, 0.2) is 0 Å². The van der Waals surface area contributed by atoms with Crippen molar-refractivity contribution in [2.24, 2.45) is 0 Å². The number of aryl methyl sites for hydroxylation is 1. The van der Waals surface area contributed by atoms with Gasteiger partial charge in [-0.25, -0.2) is 4.57 Å². The van der Waals surface area contributed by atoms with E-state index in [4.69, 9.17) is 19.2 Å². The molecule has 1 aromatic carbocycles. The van der Waals surface area contributed by atoms with E-state index in [-0.39, 0.29) is 154 Å². The van der Waals surface area contributed by atoms with Gasteiger partial charge >= 0.3 is 162 Å². The van der Waals surface area contributed by atoms with E-state index in [2.05, 4.69) is 19.1 Å². The van der Waals surface area contributed by atoms with Crippen LogP contribution in [0.4, 0.5) is 0 Å². The number of benzene rings is 1. The molecule has 0 amide bonds. The van der Waals surface area contributed by atoms with Crippen molar-refractivity contribution in [3.63, 3.8) is 0 Å². The number of phosphoric acid groups is 1. The van der Waals surface area contributed by atoms with E-state index in [9.17, 15) is 0 Å². The maximum absolute atomic E-state index is 8.88. The van der Waals surface area contributed by atoms with E-state index >= 15 is 0 Å². The van der Waals surface area contributed by atoms with Gasteiger partial charge in [0.25, 0.3) is 0 Å². The predicted octanol–water partition coefficient (Wildman–Crippen LogP) is -0.879. The molecule has 0 aliphatic carbocycles. The second kappa shape index (κ2) is 16.3. The van der Waals surface area contributed by atoms with E-state index in [1.165, 1.54) is 5.56 Å². The van der Waals surface area contributed by atoms with E-state index in [1.54, 1.807) is 0 Å². The molecule has 0 radical (unpaired) electrons. The average Bonchev–Trinajstić information content (AvgIpc) is 1.85. The van der Waals surface area contributed by atoms with Crippen LogP contribution in [0.2, 0.25) is 0 Å². The number of hydrogen-bond donors (Lipinski definition) is 3. The molecular weight excluding hydrogens is 296 g/mol. The molecule has 0 fully saturated rings. The van der Waals surface area contributed by atoms with Gasteiger partial charge in [-0.1, -0.05) is 35.9 Å². The van der Waals surface area contributed by atoms with Gasteiger partial charge in [-0.05, 0) is 6.92 Å². The fourth-order valence-electron chi connectivity index (χ4n) is 0.534. The molecule has 1 rings (SSSR count). The molecule has 0 aliphatic heterocycles. The Morgan fingerprint density at radius 2 is 1.20 bits per heavy atom. The Hall–Kier alpha value is 4.24. The van der Waals surface area contributed by atoms with E-state index in [0.717, 1.165) is 0 Å². The molecule has 4 nitrogen and oxygen atoms in total. The first kappa shape index (κ1) is 27.6. The van der Waals surface area contributed by atoms with E-state index in [0.29, 0.717) is 0 Å². The second-order valence-electron chi connectivity index (χ2n) is 2.17. The van der Waals surface area contributed by atoms with E-state index < -0.39 is 7.82 Å². The van der Waals surface area contributed by atoms with Gasteiger partial charge in [0.2, 0.25) is 0 Å². The van der Waals surface area contributed by atoms with Crippen molar-refractivity contribution < 1.29 is 19.2 Å². The van der Waals surface area contributed by atoms with Crippen molar-refractivity contribution in [1.29, 1.82) is 0 Å². The third-order valence-corrected chi connectivity index (χ3v) is 0.940. The third-order valence-electron chi connectivity index (χ3n) is 0.940. The molecule has 0 spiro atoms. The summed E-state index contributed by atoms with van der Waals surface area (Å²) in [5.41, 5.74) is 1.32. The van der Waals surface area contributed by atoms with Crippen LogP contribution in [0, 0.1) is 6.92 Å². The molecule has 15 heavy (non-hydrogen) atoms. The normalized spacial score (nSPS) is 8.00. The maximum atomic E-state index is 8.88.